The van der Waals surface area contributed by atoms with E-state index in [4.69, 9.17) is 4.74 Å². The maximum atomic E-state index is 12.2. The zero-order chi connectivity index (χ0) is 16.9. The highest BCUT2D eigenvalue weighted by Gasteiger charge is 2.09. The molecule has 0 fully saturated rings. The van der Waals surface area contributed by atoms with E-state index in [-0.39, 0.29) is 5.97 Å². The van der Waals surface area contributed by atoms with Gasteiger partial charge < -0.3 is 4.74 Å². The van der Waals surface area contributed by atoms with Gasteiger partial charge in [0.05, 0.1) is 0 Å². The zero-order valence-corrected chi connectivity index (χ0v) is 13.9. The van der Waals surface area contributed by atoms with Crippen LogP contribution in [0.15, 0.2) is 72.8 Å². The highest BCUT2D eigenvalue weighted by atomic mass is 16.5. The maximum Gasteiger partial charge on any atom is 0.336 e. The number of rotatable bonds is 4. The molecule has 0 saturated heterocycles. The van der Waals surface area contributed by atoms with Crippen LogP contribution in [-0.2, 0) is 4.79 Å². The number of para-hydroxylation sites is 1. The summed E-state index contributed by atoms with van der Waals surface area (Å²) in [6.07, 6.45) is 3.29. The quantitative estimate of drug-likeness (QED) is 0.357. The summed E-state index contributed by atoms with van der Waals surface area (Å²) in [5, 5.41) is 2.27. The molecule has 0 heterocycles. The molecule has 0 N–H and O–H groups in total. The summed E-state index contributed by atoms with van der Waals surface area (Å²) in [5.74, 6) is 0.562. The molecule has 0 amide bonds. The van der Waals surface area contributed by atoms with Crippen LogP contribution in [-0.4, -0.2) is 5.97 Å². The highest BCUT2D eigenvalue weighted by molar-refractivity contribution is 5.95. The van der Waals surface area contributed by atoms with Crippen LogP contribution < -0.4 is 4.74 Å². The molecule has 2 heteroatoms. The monoisotopic (exact) mass is 316 g/mol. The first-order valence-electron chi connectivity index (χ1n) is 8.12. The third-order valence-corrected chi connectivity index (χ3v) is 3.97. The van der Waals surface area contributed by atoms with Gasteiger partial charge in [0.2, 0.25) is 0 Å². The molecule has 0 aliphatic rings. The smallest absolute Gasteiger partial charge is 0.336 e. The van der Waals surface area contributed by atoms with Crippen molar-refractivity contribution in [3.63, 3.8) is 0 Å². The Balaban J connectivity index is 1.81. The summed E-state index contributed by atoms with van der Waals surface area (Å²) in [6.45, 7) is 4.16. The first kappa shape index (κ1) is 16.0. The van der Waals surface area contributed by atoms with Crippen LogP contribution in [0.1, 0.15) is 30.9 Å². The molecule has 0 aliphatic heterocycles. The van der Waals surface area contributed by atoms with Gasteiger partial charge in [-0.05, 0) is 40.0 Å². The minimum Gasteiger partial charge on any atom is -0.423 e. The summed E-state index contributed by atoms with van der Waals surface area (Å²) in [5.41, 5.74) is 2.03. The van der Waals surface area contributed by atoms with Crippen molar-refractivity contribution < 1.29 is 9.53 Å². The van der Waals surface area contributed by atoms with E-state index in [1.807, 2.05) is 54.6 Å². The van der Waals surface area contributed by atoms with Crippen molar-refractivity contribution in [2.45, 2.75) is 19.8 Å². The molecule has 3 rings (SSSR count). The lowest BCUT2D eigenvalue weighted by atomic mass is 10.0. The van der Waals surface area contributed by atoms with Gasteiger partial charge in [-0.15, -0.1) is 0 Å². The van der Waals surface area contributed by atoms with Gasteiger partial charge in [-0.25, -0.2) is 4.79 Å². The number of fused-ring (bicyclic) bond motifs is 1. The Hall–Kier alpha value is -2.87. The van der Waals surface area contributed by atoms with Crippen LogP contribution in [0.4, 0.5) is 0 Å². The van der Waals surface area contributed by atoms with Crippen molar-refractivity contribution in [1.29, 1.82) is 0 Å². The van der Waals surface area contributed by atoms with E-state index in [1.165, 1.54) is 6.08 Å². The predicted octanol–water partition coefficient (Wildman–Crippen LogP) is 5.58. The van der Waals surface area contributed by atoms with Crippen LogP contribution in [0.5, 0.6) is 5.75 Å². The van der Waals surface area contributed by atoms with Crippen LogP contribution in [0, 0.1) is 0 Å². The molecular weight excluding hydrogens is 296 g/mol. The maximum absolute atomic E-state index is 12.2. The molecular formula is C22H20O2. The third kappa shape index (κ3) is 3.54. The van der Waals surface area contributed by atoms with Crippen molar-refractivity contribution >= 4 is 22.8 Å². The van der Waals surface area contributed by atoms with Gasteiger partial charge in [-0.2, -0.15) is 0 Å². The molecule has 120 valence electrons. The summed E-state index contributed by atoms with van der Waals surface area (Å²) < 4.78 is 5.51. The van der Waals surface area contributed by atoms with Crippen molar-refractivity contribution in [2.75, 3.05) is 0 Å². The van der Waals surface area contributed by atoms with Gasteiger partial charge in [-0.3, -0.25) is 0 Å². The Kier molecular flexibility index (Phi) is 4.76. The number of hydrogen-bond acceptors (Lipinski definition) is 2. The fourth-order valence-electron chi connectivity index (χ4n) is 2.75. The fraction of sp³-hybridized carbons (Fsp3) is 0.136. The van der Waals surface area contributed by atoms with Gasteiger partial charge in [-0.1, -0.05) is 74.5 Å². The Morgan fingerprint density at radius 3 is 2.46 bits per heavy atom. The first-order chi connectivity index (χ1) is 11.6. The van der Waals surface area contributed by atoms with E-state index >= 15 is 0 Å². The average molecular weight is 316 g/mol. The van der Waals surface area contributed by atoms with E-state index in [1.54, 1.807) is 0 Å². The Bertz CT molecular complexity index is 886. The number of carbonyl (C=O) groups is 1. The van der Waals surface area contributed by atoms with Crippen molar-refractivity contribution in [1.82, 2.24) is 0 Å². The number of hydrogen-bond donors (Lipinski definition) is 0. The lowest BCUT2D eigenvalue weighted by Crippen LogP contribution is -2.06. The van der Waals surface area contributed by atoms with Crippen molar-refractivity contribution in [3.8, 4) is 5.75 Å². The van der Waals surface area contributed by atoms with Crippen LogP contribution in [0.3, 0.4) is 0 Å². The van der Waals surface area contributed by atoms with Crippen LogP contribution >= 0.6 is 0 Å². The lowest BCUT2D eigenvalue weighted by Gasteiger charge is -2.11. The molecule has 0 spiro atoms. The third-order valence-electron chi connectivity index (χ3n) is 3.97. The predicted molar refractivity (Wildman–Crippen MR) is 99.1 cm³/mol. The van der Waals surface area contributed by atoms with Gasteiger partial charge in [0.1, 0.15) is 5.75 Å². The van der Waals surface area contributed by atoms with Gasteiger partial charge in [0.25, 0.3) is 0 Å². The second-order valence-electron chi connectivity index (χ2n) is 6.02. The van der Waals surface area contributed by atoms with E-state index < -0.39 is 0 Å². The second-order valence-corrected chi connectivity index (χ2v) is 6.02. The fourth-order valence-corrected chi connectivity index (χ4v) is 2.75. The molecule has 3 aromatic rings. The molecule has 0 aliphatic carbocycles. The standard InChI is InChI=1S/C22H20O2/c1-16(2)19-11-5-6-13-21(19)24-22(23)15-14-18-10-7-9-17-8-3-4-12-20(17)18/h3-16H,1-2H3/b15-14+. The van der Waals surface area contributed by atoms with E-state index in [2.05, 4.69) is 32.0 Å². The van der Waals surface area contributed by atoms with Crippen LogP contribution in [0.25, 0.3) is 16.8 Å². The molecule has 0 aromatic heterocycles. The highest BCUT2D eigenvalue weighted by Crippen LogP contribution is 2.26. The van der Waals surface area contributed by atoms with E-state index in [9.17, 15) is 4.79 Å². The van der Waals surface area contributed by atoms with E-state index in [0.717, 1.165) is 21.9 Å². The average Bonchev–Trinajstić information content (AvgIpc) is 2.60. The second kappa shape index (κ2) is 7.14. The zero-order valence-electron chi connectivity index (χ0n) is 13.9. The summed E-state index contributed by atoms with van der Waals surface area (Å²) in [6, 6.07) is 21.8. The van der Waals surface area contributed by atoms with Crippen LogP contribution in [0.2, 0.25) is 0 Å². The van der Waals surface area contributed by atoms with Gasteiger partial charge in [0, 0.05) is 6.08 Å². The molecule has 0 atom stereocenters. The summed E-state index contributed by atoms with van der Waals surface area (Å²) in [7, 11) is 0. The summed E-state index contributed by atoms with van der Waals surface area (Å²) in [4.78, 5) is 12.2. The lowest BCUT2D eigenvalue weighted by molar-refractivity contribution is -0.128. The normalized spacial score (nSPS) is 11.3. The Labute approximate surface area is 142 Å². The molecule has 3 aromatic carbocycles. The minimum absolute atomic E-state index is 0.302. The van der Waals surface area contributed by atoms with Gasteiger partial charge in [0.15, 0.2) is 0 Å². The topological polar surface area (TPSA) is 26.3 Å². The number of benzene rings is 3. The SMILES string of the molecule is CC(C)c1ccccc1OC(=O)/C=C/c1cccc2ccccc12. The molecule has 24 heavy (non-hydrogen) atoms. The number of ether oxygens (including phenoxy) is 1. The minimum atomic E-state index is -0.365. The van der Waals surface area contributed by atoms with Crippen molar-refractivity contribution in [2.24, 2.45) is 0 Å². The van der Waals surface area contributed by atoms with Gasteiger partial charge >= 0.3 is 5.97 Å². The van der Waals surface area contributed by atoms with Crippen molar-refractivity contribution in [3.05, 3.63) is 83.9 Å². The molecule has 0 saturated carbocycles. The largest absolute Gasteiger partial charge is 0.423 e. The molecule has 0 unspecified atom stereocenters. The molecule has 2 nitrogen and oxygen atoms in total. The number of esters is 1. The summed E-state index contributed by atoms with van der Waals surface area (Å²) >= 11 is 0. The number of carbonyl (C=O) groups excluding carboxylic acids is 1. The Morgan fingerprint density at radius 2 is 1.62 bits per heavy atom. The van der Waals surface area contributed by atoms with E-state index in [0.29, 0.717) is 11.7 Å². The molecule has 0 radical (unpaired) electrons. The molecule has 0 bridgehead atoms. The Morgan fingerprint density at radius 1 is 0.917 bits per heavy atom. The first-order valence-corrected chi connectivity index (χ1v) is 8.12.